The van der Waals surface area contributed by atoms with Gasteiger partial charge in [-0.3, -0.25) is 4.79 Å². The van der Waals surface area contributed by atoms with Gasteiger partial charge >= 0.3 is 0 Å². The van der Waals surface area contributed by atoms with Crippen LogP contribution in [-0.2, 0) is 4.79 Å². The van der Waals surface area contributed by atoms with E-state index in [0.29, 0.717) is 0 Å². The number of hydrogen-bond donors (Lipinski definition) is 0. The van der Waals surface area contributed by atoms with E-state index in [1.807, 2.05) is 19.1 Å². The molecule has 0 heterocycles. The minimum Gasteiger partial charge on any atom is -0.299 e. The van der Waals surface area contributed by atoms with Crippen LogP contribution in [0, 0.1) is 0 Å². The molecule has 1 heteroatoms. The van der Waals surface area contributed by atoms with Crippen LogP contribution < -0.4 is 0 Å². The Labute approximate surface area is 62.4 Å². The summed E-state index contributed by atoms with van der Waals surface area (Å²) in [6, 6.07) is 0. The summed E-state index contributed by atoms with van der Waals surface area (Å²) in [7, 11) is 0. The largest absolute Gasteiger partial charge is 0.299 e. The van der Waals surface area contributed by atoms with Gasteiger partial charge in [-0.1, -0.05) is 18.2 Å². The van der Waals surface area contributed by atoms with Gasteiger partial charge in [0.1, 0.15) is 6.29 Å². The Hall–Kier alpha value is -0.850. The van der Waals surface area contributed by atoms with Crippen molar-refractivity contribution in [3.05, 3.63) is 24.3 Å². The Balaban J connectivity index is 3.04. The molecule has 0 amide bonds. The van der Waals surface area contributed by atoms with Crippen LogP contribution in [0.15, 0.2) is 24.3 Å². The van der Waals surface area contributed by atoms with E-state index >= 15 is 0 Å². The van der Waals surface area contributed by atoms with Crippen molar-refractivity contribution < 1.29 is 4.79 Å². The number of unbranched alkanes of at least 4 members (excludes halogenated alkanes) is 2. The molecule has 0 aromatic carbocycles. The van der Waals surface area contributed by atoms with Crippen LogP contribution in [0.2, 0.25) is 0 Å². The van der Waals surface area contributed by atoms with Gasteiger partial charge in [0, 0.05) is 0 Å². The molecule has 0 fully saturated rings. The van der Waals surface area contributed by atoms with Gasteiger partial charge in [0.05, 0.1) is 0 Å². The van der Waals surface area contributed by atoms with E-state index in [0.717, 1.165) is 25.5 Å². The van der Waals surface area contributed by atoms with Crippen molar-refractivity contribution in [1.82, 2.24) is 0 Å². The second-order valence-electron chi connectivity index (χ2n) is 2.06. The van der Waals surface area contributed by atoms with Crippen LogP contribution in [0.25, 0.3) is 0 Å². The van der Waals surface area contributed by atoms with E-state index in [4.69, 9.17) is 0 Å². The normalized spacial score (nSPS) is 11.3. The van der Waals surface area contributed by atoms with Crippen molar-refractivity contribution in [2.24, 2.45) is 0 Å². The third-order valence-corrected chi connectivity index (χ3v) is 1.19. The summed E-state index contributed by atoms with van der Waals surface area (Å²) >= 11 is 0. The Bertz CT molecular complexity index is 123. The van der Waals surface area contributed by atoms with E-state index in [9.17, 15) is 4.79 Å². The lowest BCUT2D eigenvalue weighted by Crippen LogP contribution is -1.68. The maximum absolute atomic E-state index is 9.79. The number of hydrogen-bond acceptors (Lipinski definition) is 1. The second kappa shape index (κ2) is 8.15. The summed E-state index contributed by atoms with van der Waals surface area (Å²) in [6.07, 6.45) is 11.7. The summed E-state index contributed by atoms with van der Waals surface area (Å²) in [6.45, 7) is 2.02. The fourth-order valence-corrected chi connectivity index (χ4v) is 0.672. The molecule has 0 aromatic rings. The number of carbonyl (C=O) groups excluding carboxylic acids is 1. The Kier molecular flexibility index (Phi) is 7.46. The SMILES string of the molecule is CC=CCCC/C=C\C=O. The summed E-state index contributed by atoms with van der Waals surface area (Å²) < 4.78 is 0. The first kappa shape index (κ1) is 9.15. The summed E-state index contributed by atoms with van der Waals surface area (Å²) in [5.74, 6) is 0. The molecule has 0 saturated carbocycles. The number of carbonyl (C=O) groups is 1. The molecule has 0 atom stereocenters. The molecule has 0 radical (unpaired) electrons. The lowest BCUT2D eigenvalue weighted by atomic mass is 10.2. The zero-order chi connectivity index (χ0) is 7.66. The van der Waals surface area contributed by atoms with Crippen molar-refractivity contribution in [1.29, 1.82) is 0 Å². The molecule has 10 heavy (non-hydrogen) atoms. The molecular weight excluding hydrogens is 124 g/mol. The van der Waals surface area contributed by atoms with E-state index in [1.54, 1.807) is 6.08 Å². The summed E-state index contributed by atoms with van der Waals surface area (Å²) in [5, 5.41) is 0. The standard InChI is InChI=1S/C9H14O/c1-2-3-4-5-6-7-8-9-10/h2-3,7-9H,4-6H2,1H3/b3-2?,8-7-. The van der Waals surface area contributed by atoms with Gasteiger partial charge in [-0.15, -0.1) is 0 Å². The number of aldehydes is 1. The van der Waals surface area contributed by atoms with Crippen LogP contribution in [0.3, 0.4) is 0 Å². The highest BCUT2D eigenvalue weighted by Gasteiger charge is 1.77. The van der Waals surface area contributed by atoms with Crippen molar-refractivity contribution in [2.45, 2.75) is 26.2 Å². The fraction of sp³-hybridized carbons (Fsp3) is 0.444. The van der Waals surface area contributed by atoms with Gasteiger partial charge in [-0.05, 0) is 32.3 Å². The molecule has 0 aliphatic rings. The van der Waals surface area contributed by atoms with E-state index in [1.165, 1.54) is 0 Å². The lowest BCUT2D eigenvalue weighted by molar-refractivity contribution is -0.104. The minimum atomic E-state index is 0.815. The van der Waals surface area contributed by atoms with Gasteiger partial charge in [0.25, 0.3) is 0 Å². The van der Waals surface area contributed by atoms with Crippen molar-refractivity contribution in [3.8, 4) is 0 Å². The maximum Gasteiger partial charge on any atom is 0.142 e. The number of rotatable bonds is 5. The topological polar surface area (TPSA) is 17.1 Å². The van der Waals surface area contributed by atoms with E-state index in [2.05, 4.69) is 6.08 Å². The monoisotopic (exact) mass is 138 g/mol. The second-order valence-corrected chi connectivity index (χ2v) is 2.06. The van der Waals surface area contributed by atoms with Crippen molar-refractivity contribution in [2.75, 3.05) is 0 Å². The molecule has 56 valence electrons. The first-order valence-electron chi connectivity index (χ1n) is 3.63. The maximum atomic E-state index is 9.79. The smallest absolute Gasteiger partial charge is 0.142 e. The van der Waals surface area contributed by atoms with Gasteiger partial charge in [-0.2, -0.15) is 0 Å². The van der Waals surface area contributed by atoms with E-state index < -0.39 is 0 Å². The Morgan fingerprint density at radius 3 is 2.50 bits per heavy atom. The van der Waals surface area contributed by atoms with Gasteiger partial charge in [-0.25, -0.2) is 0 Å². The Morgan fingerprint density at radius 2 is 1.90 bits per heavy atom. The van der Waals surface area contributed by atoms with Gasteiger partial charge in [0.2, 0.25) is 0 Å². The third-order valence-electron chi connectivity index (χ3n) is 1.19. The van der Waals surface area contributed by atoms with Crippen LogP contribution in [-0.4, -0.2) is 6.29 Å². The van der Waals surface area contributed by atoms with Crippen molar-refractivity contribution >= 4 is 6.29 Å². The average molecular weight is 138 g/mol. The Morgan fingerprint density at radius 1 is 1.20 bits per heavy atom. The molecule has 0 N–H and O–H groups in total. The molecule has 0 unspecified atom stereocenters. The molecule has 0 rings (SSSR count). The summed E-state index contributed by atoms with van der Waals surface area (Å²) in [5.41, 5.74) is 0. The molecule has 0 aromatic heterocycles. The highest BCUT2D eigenvalue weighted by Crippen LogP contribution is 1.96. The van der Waals surface area contributed by atoms with Gasteiger partial charge in [0.15, 0.2) is 0 Å². The molecular formula is C9H14O. The molecule has 0 bridgehead atoms. The van der Waals surface area contributed by atoms with Crippen LogP contribution >= 0.6 is 0 Å². The van der Waals surface area contributed by atoms with Crippen LogP contribution in [0.1, 0.15) is 26.2 Å². The molecule has 1 nitrogen and oxygen atoms in total. The lowest BCUT2D eigenvalue weighted by Gasteiger charge is -1.86. The quantitative estimate of drug-likeness (QED) is 0.247. The molecule has 0 aliphatic carbocycles. The van der Waals surface area contributed by atoms with Crippen LogP contribution in [0.5, 0.6) is 0 Å². The van der Waals surface area contributed by atoms with E-state index in [-0.39, 0.29) is 0 Å². The van der Waals surface area contributed by atoms with Crippen molar-refractivity contribution in [3.63, 3.8) is 0 Å². The predicted molar refractivity (Wildman–Crippen MR) is 43.9 cm³/mol. The summed E-state index contributed by atoms with van der Waals surface area (Å²) in [4.78, 5) is 9.79. The number of allylic oxidation sites excluding steroid dienone is 4. The zero-order valence-electron chi connectivity index (χ0n) is 6.42. The highest BCUT2D eigenvalue weighted by atomic mass is 16.1. The molecule has 0 aliphatic heterocycles. The highest BCUT2D eigenvalue weighted by molar-refractivity contribution is 5.64. The zero-order valence-corrected chi connectivity index (χ0v) is 6.42. The van der Waals surface area contributed by atoms with Gasteiger partial charge < -0.3 is 0 Å². The first-order chi connectivity index (χ1) is 4.91. The minimum absolute atomic E-state index is 0.815. The average Bonchev–Trinajstić information content (AvgIpc) is 1.97. The molecule has 0 spiro atoms. The van der Waals surface area contributed by atoms with Crippen LogP contribution in [0.4, 0.5) is 0 Å². The molecule has 0 saturated heterocycles. The first-order valence-corrected chi connectivity index (χ1v) is 3.63. The fourth-order valence-electron chi connectivity index (χ4n) is 0.672. The predicted octanol–water partition coefficient (Wildman–Crippen LogP) is 2.49. The third kappa shape index (κ3) is 7.15.